The summed E-state index contributed by atoms with van der Waals surface area (Å²) in [5.74, 6) is 0.0267. The molecular weight excluding hydrogens is 266 g/mol. The summed E-state index contributed by atoms with van der Waals surface area (Å²) in [5.41, 5.74) is 1.35. The Hall–Kier alpha value is -2.35. The summed E-state index contributed by atoms with van der Waals surface area (Å²) in [6.07, 6.45) is 1.63. The van der Waals surface area contributed by atoms with Crippen molar-refractivity contribution in [3.05, 3.63) is 35.4 Å². The molecule has 0 unspecified atom stereocenters. The van der Waals surface area contributed by atoms with E-state index >= 15 is 0 Å². The van der Waals surface area contributed by atoms with Crippen LogP contribution < -0.4 is 0 Å². The zero-order valence-corrected chi connectivity index (χ0v) is 12.0. The maximum absolute atomic E-state index is 12.6. The lowest BCUT2D eigenvalue weighted by atomic mass is 10.0. The summed E-state index contributed by atoms with van der Waals surface area (Å²) < 4.78 is 0. The lowest BCUT2D eigenvalue weighted by molar-refractivity contribution is -0.159. The van der Waals surface area contributed by atoms with Crippen LogP contribution in [0.2, 0.25) is 0 Å². The molecule has 0 radical (unpaired) electrons. The van der Waals surface area contributed by atoms with Gasteiger partial charge < -0.3 is 9.80 Å². The van der Waals surface area contributed by atoms with Crippen LogP contribution in [-0.4, -0.2) is 40.2 Å². The minimum atomic E-state index is -0.460. The third-order valence-corrected chi connectivity index (χ3v) is 4.41. The van der Waals surface area contributed by atoms with Crippen molar-refractivity contribution < 1.29 is 9.59 Å². The van der Waals surface area contributed by atoms with Gasteiger partial charge >= 0.3 is 0 Å². The number of carbonyl (C=O) groups excluding carboxylic acids is 2. The highest BCUT2D eigenvalue weighted by Gasteiger charge is 2.45. The van der Waals surface area contributed by atoms with Crippen molar-refractivity contribution in [2.45, 2.75) is 38.4 Å². The van der Waals surface area contributed by atoms with Crippen LogP contribution in [0.5, 0.6) is 0 Å². The van der Waals surface area contributed by atoms with Gasteiger partial charge in [-0.2, -0.15) is 5.26 Å². The first-order valence-corrected chi connectivity index (χ1v) is 7.22. The van der Waals surface area contributed by atoms with E-state index in [1.165, 1.54) is 0 Å². The predicted molar refractivity (Wildman–Crippen MR) is 75.9 cm³/mol. The fourth-order valence-corrected chi connectivity index (χ4v) is 3.21. The quantitative estimate of drug-likeness (QED) is 0.821. The van der Waals surface area contributed by atoms with Gasteiger partial charge in [-0.25, -0.2) is 0 Å². The third-order valence-electron chi connectivity index (χ3n) is 4.41. The third kappa shape index (κ3) is 2.17. The Morgan fingerprint density at radius 2 is 2.05 bits per heavy atom. The van der Waals surface area contributed by atoms with Gasteiger partial charge in [0.1, 0.15) is 12.1 Å². The molecule has 2 aliphatic heterocycles. The van der Waals surface area contributed by atoms with Gasteiger partial charge in [0.05, 0.1) is 11.6 Å². The Kier molecular flexibility index (Phi) is 3.38. The van der Waals surface area contributed by atoms with E-state index in [1.807, 2.05) is 12.1 Å². The first-order valence-electron chi connectivity index (χ1n) is 7.22. The monoisotopic (exact) mass is 283 g/mol. The number of hydrogen-bond acceptors (Lipinski definition) is 3. The molecule has 5 nitrogen and oxygen atoms in total. The summed E-state index contributed by atoms with van der Waals surface area (Å²) >= 11 is 0. The smallest absolute Gasteiger partial charge is 0.246 e. The molecule has 0 aromatic heterocycles. The van der Waals surface area contributed by atoms with Crippen molar-refractivity contribution in [1.82, 2.24) is 9.80 Å². The van der Waals surface area contributed by atoms with Crippen molar-refractivity contribution in [3.63, 3.8) is 0 Å². The van der Waals surface area contributed by atoms with E-state index in [1.54, 1.807) is 28.9 Å². The number of fused-ring (bicyclic) bond motifs is 1. The van der Waals surface area contributed by atoms with E-state index in [4.69, 9.17) is 5.26 Å². The molecule has 0 bridgehead atoms. The molecule has 3 rings (SSSR count). The molecule has 2 fully saturated rings. The van der Waals surface area contributed by atoms with Crippen LogP contribution in [0.1, 0.15) is 30.9 Å². The molecule has 2 heterocycles. The number of amides is 2. The van der Waals surface area contributed by atoms with Gasteiger partial charge in [-0.15, -0.1) is 0 Å². The van der Waals surface area contributed by atoms with Gasteiger partial charge in [-0.05, 0) is 31.4 Å². The maximum Gasteiger partial charge on any atom is 0.246 e. The van der Waals surface area contributed by atoms with E-state index in [9.17, 15) is 9.59 Å². The molecule has 108 valence electrons. The second-order valence-corrected chi connectivity index (χ2v) is 5.60. The first kappa shape index (κ1) is 13.6. The number of nitriles is 1. The van der Waals surface area contributed by atoms with Crippen molar-refractivity contribution in [1.29, 1.82) is 5.26 Å². The second kappa shape index (κ2) is 5.21. The molecule has 0 aliphatic carbocycles. The van der Waals surface area contributed by atoms with Gasteiger partial charge in [0, 0.05) is 13.1 Å². The van der Waals surface area contributed by atoms with Gasteiger partial charge in [-0.1, -0.05) is 18.2 Å². The minimum absolute atomic E-state index is 0.00680. The van der Waals surface area contributed by atoms with Crippen LogP contribution in [0, 0.1) is 11.3 Å². The fourth-order valence-electron chi connectivity index (χ4n) is 3.21. The highest BCUT2D eigenvalue weighted by Crippen LogP contribution is 2.28. The number of rotatable bonds is 2. The second-order valence-electron chi connectivity index (χ2n) is 5.60. The topological polar surface area (TPSA) is 64.4 Å². The van der Waals surface area contributed by atoms with Crippen molar-refractivity contribution in [2.75, 3.05) is 6.54 Å². The van der Waals surface area contributed by atoms with Crippen LogP contribution in [0.3, 0.4) is 0 Å². The first-order chi connectivity index (χ1) is 10.1. The van der Waals surface area contributed by atoms with Gasteiger partial charge in [-0.3, -0.25) is 9.59 Å². The summed E-state index contributed by atoms with van der Waals surface area (Å²) in [4.78, 5) is 28.3. The van der Waals surface area contributed by atoms with Crippen LogP contribution in [0.25, 0.3) is 0 Å². The van der Waals surface area contributed by atoms with E-state index in [2.05, 4.69) is 6.07 Å². The zero-order valence-electron chi connectivity index (χ0n) is 12.0. The number of piperazine rings is 1. The van der Waals surface area contributed by atoms with Crippen LogP contribution in [0.15, 0.2) is 24.3 Å². The zero-order chi connectivity index (χ0) is 15.0. The predicted octanol–water partition coefficient (Wildman–Crippen LogP) is 1.28. The molecule has 21 heavy (non-hydrogen) atoms. The summed E-state index contributed by atoms with van der Waals surface area (Å²) in [7, 11) is 0. The summed E-state index contributed by atoms with van der Waals surface area (Å²) in [5, 5.41) is 9.15. The molecule has 2 atom stereocenters. The molecular formula is C16H17N3O2. The molecule has 5 heteroatoms. The van der Waals surface area contributed by atoms with E-state index in [-0.39, 0.29) is 17.9 Å². The molecule has 1 aromatic carbocycles. The Labute approximate surface area is 123 Å². The van der Waals surface area contributed by atoms with Crippen LogP contribution >= 0.6 is 0 Å². The van der Waals surface area contributed by atoms with Crippen LogP contribution in [-0.2, 0) is 16.1 Å². The van der Waals surface area contributed by atoms with Crippen molar-refractivity contribution >= 4 is 11.8 Å². The van der Waals surface area contributed by atoms with E-state index in [0.717, 1.165) is 18.4 Å². The van der Waals surface area contributed by atoms with E-state index in [0.29, 0.717) is 18.7 Å². The van der Waals surface area contributed by atoms with Gasteiger partial charge in [0.15, 0.2) is 0 Å². The SMILES string of the molecule is C[C@H]1C(=O)N2CCC[C@@H]2C(=O)N1Cc1ccccc1C#N. The summed E-state index contributed by atoms with van der Waals surface area (Å²) in [6.45, 7) is 2.77. The Bertz CT molecular complexity index is 635. The largest absolute Gasteiger partial charge is 0.329 e. The highest BCUT2D eigenvalue weighted by atomic mass is 16.2. The van der Waals surface area contributed by atoms with Gasteiger partial charge in [0.2, 0.25) is 11.8 Å². The average Bonchev–Trinajstić information content (AvgIpc) is 2.99. The molecule has 2 aliphatic rings. The number of nitrogens with zero attached hydrogens (tertiary/aromatic N) is 3. The number of hydrogen-bond donors (Lipinski definition) is 0. The molecule has 0 N–H and O–H groups in total. The molecule has 1 aromatic rings. The van der Waals surface area contributed by atoms with Crippen LogP contribution in [0.4, 0.5) is 0 Å². The maximum atomic E-state index is 12.6. The minimum Gasteiger partial charge on any atom is -0.329 e. The molecule has 0 spiro atoms. The van der Waals surface area contributed by atoms with Gasteiger partial charge in [0.25, 0.3) is 0 Å². The highest BCUT2D eigenvalue weighted by molar-refractivity contribution is 5.97. The van der Waals surface area contributed by atoms with E-state index < -0.39 is 6.04 Å². The number of carbonyl (C=O) groups is 2. The van der Waals surface area contributed by atoms with Crippen molar-refractivity contribution in [3.8, 4) is 6.07 Å². The summed E-state index contributed by atoms with van der Waals surface area (Å²) in [6, 6.07) is 8.59. The lowest BCUT2D eigenvalue weighted by Crippen LogP contribution is -2.61. The Morgan fingerprint density at radius 1 is 1.29 bits per heavy atom. The Morgan fingerprint density at radius 3 is 2.81 bits per heavy atom. The fraction of sp³-hybridized carbons (Fsp3) is 0.438. The van der Waals surface area contributed by atoms with Crippen molar-refractivity contribution in [2.24, 2.45) is 0 Å². The molecule has 0 saturated carbocycles. The molecule has 2 amide bonds. The number of benzene rings is 1. The normalized spacial score (nSPS) is 25.0. The lowest BCUT2D eigenvalue weighted by Gasteiger charge is -2.41. The average molecular weight is 283 g/mol. The standard InChI is InChI=1S/C16H17N3O2/c1-11-15(20)18-8-4-7-14(18)16(21)19(11)10-13-6-3-2-5-12(13)9-17/h2-3,5-6,11,14H,4,7-8,10H2,1H3/t11-,14+/m0/s1. The Balaban J connectivity index is 1.89. The molecule has 2 saturated heterocycles.